The summed E-state index contributed by atoms with van der Waals surface area (Å²) in [5.41, 5.74) is 0. The van der Waals surface area contributed by atoms with Gasteiger partial charge in [-0.1, -0.05) is 0 Å². The summed E-state index contributed by atoms with van der Waals surface area (Å²) in [4.78, 5) is 0. The van der Waals surface area contributed by atoms with Gasteiger partial charge < -0.3 is 0 Å². The highest BCUT2D eigenvalue weighted by atomic mass is 32.2. The van der Waals surface area contributed by atoms with Crippen molar-refractivity contribution in [3.05, 3.63) is 0 Å². The van der Waals surface area contributed by atoms with Gasteiger partial charge in [-0.05, 0) is 31.1 Å². The molecule has 0 N–H and O–H groups in total. The van der Waals surface area contributed by atoms with Crippen molar-refractivity contribution in [2.24, 2.45) is 11.8 Å². The fourth-order valence-electron chi connectivity index (χ4n) is 2.86. The maximum atomic E-state index is 11.1. The first-order chi connectivity index (χ1) is 7.66. The van der Waals surface area contributed by atoms with Crippen molar-refractivity contribution >= 4 is 20.2 Å². The van der Waals surface area contributed by atoms with Crippen molar-refractivity contribution in [3.63, 3.8) is 0 Å². The van der Waals surface area contributed by atoms with E-state index in [9.17, 15) is 16.8 Å². The molecule has 0 aromatic rings. The number of hydrogen-bond donors (Lipinski definition) is 0. The Morgan fingerprint density at radius 1 is 0.824 bits per heavy atom. The first-order valence-corrected chi connectivity index (χ1v) is 9.05. The molecule has 0 radical (unpaired) electrons. The van der Waals surface area contributed by atoms with E-state index in [0.717, 1.165) is 31.8 Å². The van der Waals surface area contributed by atoms with E-state index in [1.165, 1.54) is 0 Å². The van der Waals surface area contributed by atoms with Gasteiger partial charge in [0.25, 0.3) is 20.2 Å². The topological polar surface area (TPSA) is 86.7 Å². The molecule has 2 saturated carbocycles. The van der Waals surface area contributed by atoms with Gasteiger partial charge in [0.2, 0.25) is 0 Å². The van der Waals surface area contributed by atoms with Crippen LogP contribution in [0, 0.1) is 11.8 Å². The molecule has 2 fully saturated rings. The maximum absolute atomic E-state index is 11.1. The van der Waals surface area contributed by atoms with Crippen LogP contribution in [0.4, 0.5) is 0 Å². The van der Waals surface area contributed by atoms with E-state index < -0.39 is 32.4 Å². The standard InChI is InChI=1S/C9H16O6S2/c1-16(10,11)14-8-6-3-4-7(5-6)9(8)15-17(2,12)13/h6-9H,3-5H2,1-2H3. The fourth-order valence-corrected chi connectivity index (χ4v) is 4.20. The monoisotopic (exact) mass is 284 g/mol. The first-order valence-electron chi connectivity index (χ1n) is 5.42. The highest BCUT2D eigenvalue weighted by Gasteiger charge is 2.51. The molecule has 6 nitrogen and oxygen atoms in total. The molecule has 4 unspecified atom stereocenters. The van der Waals surface area contributed by atoms with E-state index in [-0.39, 0.29) is 11.8 Å². The average Bonchev–Trinajstić information content (AvgIpc) is 2.63. The lowest BCUT2D eigenvalue weighted by Crippen LogP contribution is -2.39. The number of rotatable bonds is 4. The van der Waals surface area contributed by atoms with Crippen LogP contribution in [0.25, 0.3) is 0 Å². The van der Waals surface area contributed by atoms with Crippen molar-refractivity contribution in [1.82, 2.24) is 0 Å². The minimum Gasteiger partial charge on any atom is -0.264 e. The molecule has 2 aliphatic rings. The molecule has 2 bridgehead atoms. The van der Waals surface area contributed by atoms with Crippen LogP contribution in [-0.4, -0.2) is 41.6 Å². The SMILES string of the molecule is CS(=O)(=O)OC1C2CCC(C2)C1OS(C)(=O)=O. The van der Waals surface area contributed by atoms with Gasteiger partial charge in [0.1, 0.15) is 12.2 Å². The van der Waals surface area contributed by atoms with Gasteiger partial charge in [-0.2, -0.15) is 16.8 Å². The van der Waals surface area contributed by atoms with Crippen LogP contribution in [0.2, 0.25) is 0 Å². The average molecular weight is 284 g/mol. The second-order valence-electron chi connectivity index (χ2n) is 4.86. The predicted octanol–water partition coefficient (Wildman–Crippen LogP) is 0.106. The Labute approximate surface area is 102 Å². The van der Waals surface area contributed by atoms with Gasteiger partial charge in [0.15, 0.2) is 0 Å². The van der Waals surface area contributed by atoms with E-state index in [1.807, 2.05) is 0 Å². The minimum atomic E-state index is -3.59. The Bertz CT molecular complexity index is 448. The third kappa shape index (κ3) is 3.18. The lowest BCUT2D eigenvalue weighted by Gasteiger charge is -2.28. The summed E-state index contributed by atoms with van der Waals surface area (Å²) in [5, 5.41) is 0. The van der Waals surface area contributed by atoms with Crippen LogP contribution in [0.15, 0.2) is 0 Å². The largest absolute Gasteiger partial charge is 0.264 e. The maximum Gasteiger partial charge on any atom is 0.264 e. The van der Waals surface area contributed by atoms with E-state index in [4.69, 9.17) is 8.37 Å². The molecule has 2 aliphatic carbocycles. The third-order valence-corrected chi connectivity index (χ3v) is 4.48. The van der Waals surface area contributed by atoms with Crippen molar-refractivity contribution in [2.45, 2.75) is 31.5 Å². The summed E-state index contributed by atoms with van der Waals surface area (Å²) in [6, 6.07) is 0. The number of fused-ring (bicyclic) bond motifs is 2. The summed E-state index contributed by atoms with van der Waals surface area (Å²) in [6.07, 6.45) is 3.15. The third-order valence-electron chi connectivity index (χ3n) is 3.34. The van der Waals surface area contributed by atoms with Gasteiger partial charge in [0.05, 0.1) is 12.5 Å². The highest BCUT2D eigenvalue weighted by Crippen LogP contribution is 2.48. The van der Waals surface area contributed by atoms with Crippen molar-refractivity contribution in [1.29, 1.82) is 0 Å². The second kappa shape index (κ2) is 4.18. The molecule has 8 heteroatoms. The first kappa shape index (κ1) is 13.3. The highest BCUT2D eigenvalue weighted by molar-refractivity contribution is 7.86. The van der Waals surface area contributed by atoms with Crippen LogP contribution >= 0.6 is 0 Å². The molecule has 4 atom stereocenters. The normalized spacial score (nSPS) is 37.5. The molecule has 100 valence electrons. The van der Waals surface area contributed by atoms with Gasteiger partial charge >= 0.3 is 0 Å². The van der Waals surface area contributed by atoms with Crippen molar-refractivity contribution in [3.8, 4) is 0 Å². The lowest BCUT2D eigenvalue weighted by molar-refractivity contribution is 0.0245. The summed E-state index contributed by atoms with van der Waals surface area (Å²) < 4.78 is 54.5. The molecular weight excluding hydrogens is 268 g/mol. The predicted molar refractivity (Wildman–Crippen MR) is 60.3 cm³/mol. The summed E-state index contributed by atoms with van der Waals surface area (Å²) in [5.74, 6) is 0.169. The quantitative estimate of drug-likeness (QED) is 0.681. The molecule has 0 aromatic carbocycles. The molecule has 0 spiro atoms. The molecule has 0 aromatic heterocycles. The fraction of sp³-hybridized carbons (Fsp3) is 1.00. The zero-order valence-corrected chi connectivity index (χ0v) is 11.3. The Kier molecular flexibility index (Phi) is 3.26. The Hall–Kier alpha value is -0.180. The Morgan fingerprint density at radius 3 is 1.47 bits per heavy atom. The van der Waals surface area contributed by atoms with E-state index >= 15 is 0 Å². The Morgan fingerprint density at radius 2 is 1.18 bits per heavy atom. The van der Waals surface area contributed by atoms with Crippen molar-refractivity contribution < 1.29 is 25.2 Å². The second-order valence-corrected chi connectivity index (χ2v) is 8.06. The van der Waals surface area contributed by atoms with Crippen LogP contribution < -0.4 is 0 Å². The summed E-state index contributed by atoms with van der Waals surface area (Å²) in [6.45, 7) is 0. The minimum absolute atomic E-state index is 0.0847. The molecule has 0 saturated heterocycles. The molecular formula is C9H16O6S2. The van der Waals surface area contributed by atoms with Crippen LogP contribution in [0.3, 0.4) is 0 Å². The van der Waals surface area contributed by atoms with E-state index in [1.54, 1.807) is 0 Å². The van der Waals surface area contributed by atoms with Crippen LogP contribution in [0.5, 0.6) is 0 Å². The van der Waals surface area contributed by atoms with Crippen LogP contribution in [0.1, 0.15) is 19.3 Å². The Balaban J connectivity index is 2.17. The molecule has 0 aliphatic heterocycles. The summed E-state index contributed by atoms with van der Waals surface area (Å²) >= 11 is 0. The van der Waals surface area contributed by atoms with Crippen LogP contribution in [-0.2, 0) is 28.6 Å². The smallest absolute Gasteiger partial charge is 0.264 e. The number of hydrogen-bond acceptors (Lipinski definition) is 6. The lowest BCUT2D eigenvalue weighted by atomic mass is 9.95. The van der Waals surface area contributed by atoms with E-state index in [2.05, 4.69) is 0 Å². The molecule has 17 heavy (non-hydrogen) atoms. The molecule has 0 heterocycles. The zero-order valence-electron chi connectivity index (χ0n) is 9.70. The van der Waals surface area contributed by atoms with Gasteiger partial charge in [-0.25, -0.2) is 0 Å². The molecule has 0 amide bonds. The molecule has 2 rings (SSSR count). The summed E-state index contributed by atoms with van der Waals surface area (Å²) in [7, 11) is -7.19. The van der Waals surface area contributed by atoms with Crippen molar-refractivity contribution in [2.75, 3.05) is 12.5 Å². The zero-order chi connectivity index (χ0) is 12.8. The van der Waals surface area contributed by atoms with Gasteiger partial charge in [-0.3, -0.25) is 8.37 Å². The van der Waals surface area contributed by atoms with Gasteiger partial charge in [0, 0.05) is 0 Å². The van der Waals surface area contributed by atoms with Gasteiger partial charge in [-0.15, -0.1) is 0 Å². The van der Waals surface area contributed by atoms with E-state index in [0.29, 0.717) is 0 Å².